The molecule has 0 saturated carbocycles. The summed E-state index contributed by atoms with van der Waals surface area (Å²) in [5, 5.41) is 11.2. The third-order valence-electron chi connectivity index (χ3n) is 5.98. The van der Waals surface area contributed by atoms with Gasteiger partial charge in [0.05, 0.1) is 6.54 Å². The number of ether oxygens (including phenoxy) is 1. The Balaban J connectivity index is 1.82. The molecule has 0 aliphatic heterocycles. The average molecular weight is 611 g/mol. The average Bonchev–Trinajstić information content (AvgIpc) is 3.30. The largest absolute Gasteiger partial charge is 0.491 e. The van der Waals surface area contributed by atoms with Crippen molar-refractivity contribution in [1.82, 2.24) is 18.9 Å². The fourth-order valence-corrected chi connectivity index (χ4v) is 5.28. The maximum absolute atomic E-state index is 14.8. The molecule has 3 rings (SSSR count). The molecular formula is C27H32F2N4O6S2. The van der Waals surface area contributed by atoms with Crippen molar-refractivity contribution in [1.29, 1.82) is 0 Å². The highest BCUT2D eigenvalue weighted by molar-refractivity contribution is 7.87. The molecule has 14 heteroatoms. The summed E-state index contributed by atoms with van der Waals surface area (Å²) < 4.78 is 59.1. The molecule has 41 heavy (non-hydrogen) atoms. The van der Waals surface area contributed by atoms with Crippen LogP contribution in [0.4, 0.5) is 8.78 Å². The minimum Gasteiger partial charge on any atom is -0.491 e. The second-order valence-electron chi connectivity index (χ2n) is 9.20. The molecule has 0 aliphatic rings. The number of hydrogen-bond donors (Lipinski definition) is 2. The molecule has 0 fully saturated rings. The number of nitrogens with one attached hydrogen (secondary N) is 1. The summed E-state index contributed by atoms with van der Waals surface area (Å²) in [6, 6.07) is 13.1. The summed E-state index contributed by atoms with van der Waals surface area (Å²) in [6.45, 7) is 0.649. The lowest BCUT2D eigenvalue weighted by molar-refractivity contribution is -0.141. The number of carbonyl (C=O) groups excluding carboxylic acids is 2. The van der Waals surface area contributed by atoms with Crippen LogP contribution in [0.1, 0.15) is 44.0 Å². The number of carbonyl (C=O) groups is 2. The molecule has 0 spiro atoms. The number of nitrogens with zero attached hydrogens (tertiary/aromatic N) is 3. The van der Waals surface area contributed by atoms with Crippen LogP contribution in [-0.2, 0) is 28.0 Å². The molecule has 1 unspecified atom stereocenters. The van der Waals surface area contributed by atoms with Crippen molar-refractivity contribution in [2.75, 3.05) is 33.9 Å². The minimum atomic E-state index is -4.04. The Bertz CT molecular complexity index is 1450. The van der Waals surface area contributed by atoms with E-state index in [0.29, 0.717) is 22.7 Å². The molecule has 3 aromatic rings. The van der Waals surface area contributed by atoms with Crippen LogP contribution in [0.3, 0.4) is 0 Å². The van der Waals surface area contributed by atoms with Gasteiger partial charge in [-0.2, -0.15) is 12.7 Å². The topological polar surface area (TPSA) is 129 Å². The van der Waals surface area contributed by atoms with E-state index in [1.165, 1.54) is 31.1 Å². The summed E-state index contributed by atoms with van der Waals surface area (Å²) in [7, 11) is -1.50. The number of benzene rings is 2. The van der Waals surface area contributed by atoms with E-state index >= 15 is 0 Å². The molecule has 1 heterocycles. The van der Waals surface area contributed by atoms with Crippen molar-refractivity contribution < 1.29 is 36.6 Å². The van der Waals surface area contributed by atoms with Gasteiger partial charge >= 0.3 is 10.2 Å². The summed E-state index contributed by atoms with van der Waals surface area (Å²) >= 11 is 1.10. The zero-order chi connectivity index (χ0) is 30.2. The van der Waals surface area contributed by atoms with Crippen molar-refractivity contribution in [3.05, 3.63) is 81.1 Å². The van der Waals surface area contributed by atoms with E-state index in [0.717, 1.165) is 27.3 Å². The molecule has 1 aromatic heterocycles. The van der Waals surface area contributed by atoms with E-state index < -0.39 is 40.6 Å². The van der Waals surface area contributed by atoms with Crippen LogP contribution in [0.15, 0.2) is 48.5 Å². The Hall–Kier alpha value is -3.46. The molecule has 2 amide bonds. The van der Waals surface area contributed by atoms with E-state index in [9.17, 15) is 31.9 Å². The van der Waals surface area contributed by atoms with Gasteiger partial charge in [-0.25, -0.2) is 18.5 Å². The number of thiazole rings is 1. The van der Waals surface area contributed by atoms with Crippen LogP contribution in [0.5, 0.6) is 5.75 Å². The molecule has 0 aliphatic carbocycles. The Kier molecular flexibility index (Phi) is 11.3. The molecule has 0 bridgehead atoms. The van der Waals surface area contributed by atoms with Gasteiger partial charge < -0.3 is 14.7 Å². The Morgan fingerprint density at radius 1 is 1.17 bits per heavy atom. The first kappa shape index (κ1) is 32.1. The maximum atomic E-state index is 14.8. The van der Waals surface area contributed by atoms with E-state index in [1.54, 1.807) is 6.92 Å². The molecule has 222 valence electrons. The fraction of sp³-hybridized carbons (Fsp3) is 0.370. The van der Waals surface area contributed by atoms with Gasteiger partial charge in [-0.15, -0.1) is 11.3 Å². The Morgan fingerprint density at radius 3 is 2.51 bits per heavy atom. The number of aliphatic hydroxyl groups is 1. The Labute approximate surface area is 241 Å². The predicted octanol–water partition coefficient (Wildman–Crippen LogP) is 3.17. The fourth-order valence-electron chi connectivity index (χ4n) is 3.82. The van der Waals surface area contributed by atoms with Gasteiger partial charge in [0.15, 0.2) is 6.10 Å². The van der Waals surface area contributed by atoms with E-state index in [2.05, 4.69) is 4.98 Å². The van der Waals surface area contributed by atoms with Gasteiger partial charge in [0.2, 0.25) is 0 Å². The Morgan fingerprint density at radius 2 is 1.88 bits per heavy atom. The lowest BCUT2D eigenvalue weighted by Gasteiger charge is -2.25. The molecule has 2 N–H and O–H groups in total. The summed E-state index contributed by atoms with van der Waals surface area (Å²) in [5.74, 6) is -2.54. The van der Waals surface area contributed by atoms with E-state index in [-0.39, 0.29) is 36.7 Å². The van der Waals surface area contributed by atoms with Crippen molar-refractivity contribution >= 4 is 33.4 Å². The lowest BCUT2D eigenvalue weighted by atomic mass is 10.1. The number of rotatable bonds is 14. The third-order valence-corrected chi connectivity index (χ3v) is 8.34. The number of hydrogen-bond acceptors (Lipinski definition) is 8. The van der Waals surface area contributed by atoms with Gasteiger partial charge in [0.1, 0.15) is 35.5 Å². The number of aryl methyl sites for hydroxylation is 2. The standard InChI is InChI=1S/C27H32F2N4O6S2/c1-18-24(26(35)31-41(37,38)32(2)3)30-23(40-18)17-33(14-7-10-19-8-5-4-6-9-19)27(36)25(34)21-12-11-20(16-22(21)29)39-15-13-28/h4-6,8-9,11-12,16,25,34H,7,10,13-15,17H2,1-3H3,(H,31,35). The van der Waals surface area contributed by atoms with Crippen LogP contribution in [0, 0.1) is 12.7 Å². The summed E-state index contributed by atoms with van der Waals surface area (Å²) in [6.07, 6.45) is -0.710. The van der Waals surface area contributed by atoms with Gasteiger partial charge in [0, 0.05) is 37.1 Å². The third kappa shape index (κ3) is 8.76. The van der Waals surface area contributed by atoms with Crippen molar-refractivity contribution in [2.45, 2.75) is 32.4 Å². The molecule has 0 saturated heterocycles. The van der Waals surface area contributed by atoms with Crippen LogP contribution in [-0.4, -0.2) is 73.4 Å². The molecule has 1 atom stereocenters. The first-order valence-corrected chi connectivity index (χ1v) is 14.9. The van der Waals surface area contributed by atoms with Crippen LogP contribution >= 0.6 is 11.3 Å². The molecular weight excluding hydrogens is 578 g/mol. The van der Waals surface area contributed by atoms with Crippen LogP contribution in [0.2, 0.25) is 0 Å². The van der Waals surface area contributed by atoms with Crippen LogP contribution < -0.4 is 9.46 Å². The number of halogens is 2. The molecule has 2 aromatic carbocycles. The lowest BCUT2D eigenvalue weighted by Crippen LogP contribution is -2.39. The van der Waals surface area contributed by atoms with E-state index in [1.807, 2.05) is 35.1 Å². The van der Waals surface area contributed by atoms with Crippen molar-refractivity contribution in [3.63, 3.8) is 0 Å². The maximum Gasteiger partial charge on any atom is 0.303 e. The van der Waals surface area contributed by atoms with E-state index in [4.69, 9.17) is 4.74 Å². The van der Waals surface area contributed by atoms with Gasteiger partial charge in [-0.05, 0) is 37.5 Å². The van der Waals surface area contributed by atoms with Crippen molar-refractivity contribution in [3.8, 4) is 5.75 Å². The zero-order valence-corrected chi connectivity index (χ0v) is 24.5. The van der Waals surface area contributed by atoms with Gasteiger partial charge in [-0.3, -0.25) is 9.59 Å². The summed E-state index contributed by atoms with van der Waals surface area (Å²) in [5.41, 5.74) is 0.656. The summed E-state index contributed by atoms with van der Waals surface area (Å²) in [4.78, 5) is 32.0. The quantitative estimate of drug-likeness (QED) is 0.287. The SMILES string of the molecule is Cc1sc(CN(CCCc2ccccc2)C(=O)C(O)c2ccc(OCCF)cc2F)nc1C(=O)NS(=O)(=O)N(C)C. The normalized spacial score (nSPS) is 12.3. The van der Waals surface area contributed by atoms with Crippen LogP contribution in [0.25, 0.3) is 0 Å². The smallest absolute Gasteiger partial charge is 0.303 e. The zero-order valence-electron chi connectivity index (χ0n) is 22.8. The second kappa shape index (κ2) is 14.4. The minimum absolute atomic E-state index is 0.0589. The molecule has 10 nitrogen and oxygen atoms in total. The van der Waals surface area contributed by atoms with Crippen molar-refractivity contribution in [2.24, 2.45) is 0 Å². The highest BCUT2D eigenvalue weighted by Gasteiger charge is 2.28. The van der Waals surface area contributed by atoms with Gasteiger partial charge in [-0.1, -0.05) is 30.3 Å². The number of amides is 2. The predicted molar refractivity (Wildman–Crippen MR) is 150 cm³/mol. The number of alkyl halides is 1. The highest BCUT2D eigenvalue weighted by atomic mass is 32.2. The first-order valence-electron chi connectivity index (χ1n) is 12.6. The number of aliphatic hydroxyl groups excluding tert-OH is 1. The molecule has 0 radical (unpaired) electrons. The first-order chi connectivity index (χ1) is 19.4. The highest BCUT2D eigenvalue weighted by Crippen LogP contribution is 2.26. The second-order valence-corrected chi connectivity index (χ2v) is 12.4. The monoisotopic (exact) mass is 610 g/mol. The van der Waals surface area contributed by atoms with Gasteiger partial charge in [0.25, 0.3) is 11.8 Å². The number of aromatic nitrogens is 1.